The molecule has 1 saturated carbocycles. The van der Waals surface area contributed by atoms with Crippen molar-refractivity contribution in [1.82, 2.24) is 0 Å². The van der Waals surface area contributed by atoms with E-state index in [1.807, 2.05) is 37.3 Å². The number of aryl methyl sites for hydroxylation is 1. The van der Waals surface area contributed by atoms with Gasteiger partial charge in [0.2, 0.25) is 0 Å². The number of rotatable bonds is 4. The van der Waals surface area contributed by atoms with Crippen LogP contribution in [0.25, 0.3) is 0 Å². The van der Waals surface area contributed by atoms with Crippen LogP contribution in [0.3, 0.4) is 0 Å². The van der Waals surface area contributed by atoms with Gasteiger partial charge in [0.05, 0.1) is 11.0 Å². The minimum absolute atomic E-state index is 0.134. The zero-order chi connectivity index (χ0) is 17.5. The number of halogens is 1. The van der Waals surface area contributed by atoms with Crippen molar-refractivity contribution in [2.45, 2.75) is 34.9 Å². The Morgan fingerprint density at radius 1 is 1.17 bits per heavy atom. The van der Waals surface area contributed by atoms with E-state index in [4.69, 9.17) is 17.3 Å². The summed E-state index contributed by atoms with van der Waals surface area (Å²) in [6.07, 6.45) is 0.892. The highest BCUT2D eigenvalue weighted by Gasteiger charge is 2.70. The molecular formula is C18H17ClN2O2S. The SMILES string of the molecule is CCc1ccc([C@@H]2[C@@H](S(=O)(=O)c3ccc(Cl)cc3)[C@]2(N)C#N)cc1. The van der Waals surface area contributed by atoms with Gasteiger partial charge in [-0.25, -0.2) is 8.42 Å². The maximum absolute atomic E-state index is 12.9. The monoisotopic (exact) mass is 360 g/mol. The first-order valence-electron chi connectivity index (χ1n) is 7.63. The van der Waals surface area contributed by atoms with E-state index in [-0.39, 0.29) is 4.90 Å². The summed E-state index contributed by atoms with van der Waals surface area (Å²) in [7, 11) is -3.72. The van der Waals surface area contributed by atoms with Gasteiger partial charge in [-0.05, 0) is 41.8 Å². The van der Waals surface area contributed by atoms with Crippen LogP contribution in [0.15, 0.2) is 53.4 Å². The zero-order valence-electron chi connectivity index (χ0n) is 13.1. The molecule has 6 heteroatoms. The molecule has 0 amide bonds. The molecule has 0 unspecified atom stereocenters. The molecule has 3 rings (SSSR count). The van der Waals surface area contributed by atoms with Gasteiger partial charge in [-0.1, -0.05) is 42.8 Å². The molecule has 24 heavy (non-hydrogen) atoms. The van der Waals surface area contributed by atoms with Gasteiger partial charge in [0, 0.05) is 10.9 Å². The first kappa shape index (κ1) is 17.0. The molecule has 2 aromatic rings. The van der Waals surface area contributed by atoms with Gasteiger partial charge in [0.25, 0.3) is 0 Å². The van der Waals surface area contributed by atoms with Crippen LogP contribution in [0, 0.1) is 11.3 Å². The van der Waals surface area contributed by atoms with Gasteiger partial charge < -0.3 is 5.73 Å². The van der Waals surface area contributed by atoms with Gasteiger partial charge >= 0.3 is 0 Å². The normalized spacial score (nSPS) is 25.9. The molecule has 0 saturated heterocycles. The standard InChI is InChI=1S/C18H17ClN2O2S/c1-2-12-3-5-13(6-4-12)16-17(18(16,21)11-20)24(22,23)15-9-7-14(19)8-10-15/h3-10,16-17H,2,21H2,1H3/t16-,17-,18+/m1/s1. The van der Waals surface area contributed by atoms with E-state index in [0.717, 1.165) is 17.5 Å². The molecular weight excluding hydrogens is 344 g/mol. The summed E-state index contributed by atoms with van der Waals surface area (Å²) in [4.78, 5) is 0.134. The largest absolute Gasteiger partial charge is 0.312 e. The summed E-state index contributed by atoms with van der Waals surface area (Å²) < 4.78 is 25.8. The van der Waals surface area contributed by atoms with Crippen molar-refractivity contribution in [2.75, 3.05) is 0 Å². The van der Waals surface area contributed by atoms with Crippen LogP contribution in [0.1, 0.15) is 24.0 Å². The second-order valence-electron chi connectivity index (χ2n) is 6.04. The zero-order valence-corrected chi connectivity index (χ0v) is 14.7. The molecule has 3 atom stereocenters. The average molecular weight is 361 g/mol. The number of nitriles is 1. The van der Waals surface area contributed by atoms with Crippen LogP contribution < -0.4 is 5.73 Å². The lowest BCUT2D eigenvalue weighted by Crippen LogP contribution is -2.29. The first-order chi connectivity index (χ1) is 11.3. The van der Waals surface area contributed by atoms with E-state index < -0.39 is 26.5 Å². The Morgan fingerprint density at radius 2 is 1.75 bits per heavy atom. The van der Waals surface area contributed by atoms with Gasteiger partial charge in [-0.3, -0.25) is 0 Å². The molecule has 0 radical (unpaired) electrons. The minimum Gasteiger partial charge on any atom is -0.312 e. The predicted molar refractivity (Wildman–Crippen MR) is 93.5 cm³/mol. The molecule has 0 aliphatic heterocycles. The second-order valence-corrected chi connectivity index (χ2v) is 8.54. The Balaban J connectivity index is 2.00. The molecule has 1 aliphatic carbocycles. The van der Waals surface area contributed by atoms with E-state index in [9.17, 15) is 13.7 Å². The summed E-state index contributed by atoms with van der Waals surface area (Å²) in [6.45, 7) is 2.04. The van der Waals surface area contributed by atoms with Crippen LogP contribution in [-0.4, -0.2) is 19.2 Å². The third-order valence-corrected chi connectivity index (χ3v) is 7.11. The smallest absolute Gasteiger partial charge is 0.184 e. The van der Waals surface area contributed by atoms with Crippen molar-refractivity contribution in [3.63, 3.8) is 0 Å². The Kier molecular flexibility index (Phi) is 4.16. The van der Waals surface area contributed by atoms with Crippen molar-refractivity contribution in [2.24, 2.45) is 5.73 Å². The third-order valence-electron chi connectivity index (χ3n) is 4.60. The highest BCUT2D eigenvalue weighted by Crippen LogP contribution is 2.55. The highest BCUT2D eigenvalue weighted by molar-refractivity contribution is 7.92. The fourth-order valence-electron chi connectivity index (χ4n) is 3.13. The van der Waals surface area contributed by atoms with Gasteiger partial charge in [0.1, 0.15) is 10.8 Å². The summed E-state index contributed by atoms with van der Waals surface area (Å²) in [6, 6.07) is 15.5. The minimum atomic E-state index is -3.72. The molecule has 1 fully saturated rings. The predicted octanol–water partition coefficient (Wildman–Crippen LogP) is 3.06. The van der Waals surface area contributed by atoms with Crippen molar-refractivity contribution in [3.8, 4) is 6.07 Å². The van der Waals surface area contributed by atoms with Gasteiger partial charge in [0.15, 0.2) is 9.84 Å². The Bertz CT molecular complexity index is 902. The topological polar surface area (TPSA) is 83.9 Å². The number of nitrogens with two attached hydrogens (primary N) is 1. The fraction of sp³-hybridized carbons (Fsp3) is 0.278. The maximum atomic E-state index is 12.9. The molecule has 4 nitrogen and oxygen atoms in total. The maximum Gasteiger partial charge on any atom is 0.184 e. The van der Waals surface area contributed by atoms with Crippen LogP contribution >= 0.6 is 11.6 Å². The van der Waals surface area contributed by atoms with E-state index >= 15 is 0 Å². The lowest BCUT2D eigenvalue weighted by Gasteiger charge is -2.05. The average Bonchev–Trinajstić information content (AvgIpc) is 3.23. The number of hydrogen-bond donors (Lipinski definition) is 1. The Labute approximate surface area is 146 Å². The number of benzene rings is 2. The Morgan fingerprint density at radius 3 is 2.25 bits per heavy atom. The number of nitrogens with zero attached hydrogens (tertiary/aromatic N) is 1. The Hall–Kier alpha value is -1.87. The molecule has 2 aromatic carbocycles. The van der Waals surface area contributed by atoms with E-state index in [1.165, 1.54) is 24.3 Å². The lowest BCUT2D eigenvalue weighted by molar-refractivity contribution is 0.592. The van der Waals surface area contributed by atoms with Crippen LogP contribution in [0.5, 0.6) is 0 Å². The third kappa shape index (κ3) is 2.61. The van der Waals surface area contributed by atoms with Gasteiger partial charge in [-0.15, -0.1) is 0 Å². The molecule has 0 heterocycles. The quantitative estimate of drug-likeness (QED) is 0.908. The molecule has 124 valence electrons. The van der Waals surface area contributed by atoms with Crippen LogP contribution in [0.4, 0.5) is 0 Å². The molecule has 2 N–H and O–H groups in total. The second kappa shape index (κ2) is 5.89. The molecule has 0 spiro atoms. The summed E-state index contributed by atoms with van der Waals surface area (Å²) in [5, 5.41) is 8.96. The molecule has 0 bridgehead atoms. The molecule has 1 aliphatic rings. The number of sulfone groups is 1. The van der Waals surface area contributed by atoms with Gasteiger partial charge in [-0.2, -0.15) is 5.26 Å². The summed E-state index contributed by atoms with van der Waals surface area (Å²) in [5.74, 6) is -0.533. The van der Waals surface area contributed by atoms with Crippen molar-refractivity contribution < 1.29 is 8.42 Å². The van der Waals surface area contributed by atoms with Crippen LogP contribution in [0.2, 0.25) is 5.02 Å². The molecule has 0 aromatic heterocycles. The summed E-state index contributed by atoms with van der Waals surface area (Å²) >= 11 is 5.82. The van der Waals surface area contributed by atoms with Crippen molar-refractivity contribution in [1.29, 1.82) is 5.26 Å². The van der Waals surface area contributed by atoms with E-state index in [2.05, 4.69) is 0 Å². The van der Waals surface area contributed by atoms with Crippen molar-refractivity contribution in [3.05, 3.63) is 64.7 Å². The van der Waals surface area contributed by atoms with E-state index in [0.29, 0.717) is 5.02 Å². The lowest BCUT2D eigenvalue weighted by atomic mass is 10.0. The highest BCUT2D eigenvalue weighted by atomic mass is 35.5. The number of hydrogen-bond acceptors (Lipinski definition) is 4. The van der Waals surface area contributed by atoms with Crippen LogP contribution in [-0.2, 0) is 16.3 Å². The summed E-state index contributed by atoms with van der Waals surface area (Å²) in [5.41, 5.74) is 6.64. The fourth-order valence-corrected chi connectivity index (χ4v) is 5.43. The van der Waals surface area contributed by atoms with E-state index in [1.54, 1.807) is 0 Å². The van der Waals surface area contributed by atoms with Crippen molar-refractivity contribution >= 4 is 21.4 Å². The first-order valence-corrected chi connectivity index (χ1v) is 9.55.